The zero-order valence-electron chi connectivity index (χ0n) is 17.0. The van der Waals surface area contributed by atoms with Gasteiger partial charge in [0.15, 0.2) is 12.4 Å². The number of piperidine rings is 1. The van der Waals surface area contributed by atoms with Crippen molar-refractivity contribution in [1.82, 2.24) is 10.2 Å². The van der Waals surface area contributed by atoms with Gasteiger partial charge in [-0.25, -0.2) is 4.79 Å². The van der Waals surface area contributed by atoms with Crippen LogP contribution in [0, 0.1) is 5.92 Å². The number of esters is 1. The fourth-order valence-electron chi connectivity index (χ4n) is 3.42. The first-order valence-electron chi connectivity index (χ1n) is 10.1. The number of hydrogen-bond acceptors (Lipinski definition) is 6. The number of rotatable bonds is 8. The lowest BCUT2D eigenvalue weighted by Gasteiger charge is -2.30. The number of nitrogens with one attached hydrogen (secondary N) is 1. The first kappa shape index (κ1) is 22.1. The lowest BCUT2D eigenvalue weighted by atomic mass is 9.96. The Kier molecular flexibility index (Phi) is 7.42. The average Bonchev–Trinajstić information content (AvgIpc) is 3.32. The number of carbonyl (C=O) groups is 4. The van der Waals surface area contributed by atoms with E-state index in [9.17, 15) is 19.2 Å². The van der Waals surface area contributed by atoms with Crippen LogP contribution in [-0.2, 0) is 25.5 Å². The van der Waals surface area contributed by atoms with Crippen molar-refractivity contribution in [1.29, 1.82) is 0 Å². The lowest BCUT2D eigenvalue weighted by molar-refractivity contribution is -0.154. The maximum absolute atomic E-state index is 12.7. The minimum atomic E-state index is -0.992. The summed E-state index contributed by atoms with van der Waals surface area (Å²) in [6, 6.07) is 11.2. The molecule has 164 valence electrons. The van der Waals surface area contributed by atoms with Gasteiger partial charge in [-0.1, -0.05) is 30.3 Å². The Balaban J connectivity index is 1.58. The van der Waals surface area contributed by atoms with Gasteiger partial charge in [0.2, 0.25) is 5.91 Å². The number of furan rings is 1. The summed E-state index contributed by atoms with van der Waals surface area (Å²) in [6.07, 6.45) is 2.54. The van der Waals surface area contributed by atoms with Crippen LogP contribution in [0.3, 0.4) is 0 Å². The molecule has 1 fully saturated rings. The zero-order valence-corrected chi connectivity index (χ0v) is 17.0. The summed E-state index contributed by atoms with van der Waals surface area (Å²) >= 11 is 0. The van der Waals surface area contributed by atoms with Crippen LogP contribution in [0.4, 0.5) is 0 Å². The van der Waals surface area contributed by atoms with E-state index in [0.29, 0.717) is 25.9 Å². The van der Waals surface area contributed by atoms with E-state index < -0.39 is 24.5 Å². The van der Waals surface area contributed by atoms with Crippen LogP contribution in [0.2, 0.25) is 0 Å². The monoisotopic (exact) mass is 427 g/mol. The second kappa shape index (κ2) is 10.4. The summed E-state index contributed by atoms with van der Waals surface area (Å²) in [7, 11) is 0. The van der Waals surface area contributed by atoms with Gasteiger partial charge in [0.25, 0.3) is 11.8 Å². The van der Waals surface area contributed by atoms with Gasteiger partial charge in [0.1, 0.15) is 6.04 Å². The topological polar surface area (TPSA) is 132 Å². The van der Waals surface area contributed by atoms with Crippen molar-refractivity contribution < 1.29 is 28.3 Å². The Morgan fingerprint density at radius 1 is 1.10 bits per heavy atom. The highest BCUT2D eigenvalue weighted by Crippen LogP contribution is 2.16. The molecular formula is C22H25N3O6. The molecule has 1 saturated heterocycles. The molecule has 1 atom stereocenters. The molecular weight excluding hydrogens is 402 g/mol. The molecule has 3 N–H and O–H groups in total. The molecule has 1 aromatic carbocycles. The highest BCUT2D eigenvalue weighted by molar-refractivity contribution is 5.94. The second-order valence-corrected chi connectivity index (χ2v) is 7.36. The molecule has 1 aliphatic rings. The number of hydrogen-bond donors (Lipinski definition) is 2. The van der Waals surface area contributed by atoms with Gasteiger partial charge in [-0.05, 0) is 30.5 Å². The predicted octanol–water partition coefficient (Wildman–Crippen LogP) is 0.888. The Morgan fingerprint density at radius 3 is 2.42 bits per heavy atom. The van der Waals surface area contributed by atoms with Crippen LogP contribution >= 0.6 is 0 Å². The number of nitrogens with two attached hydrogens (primary N) is 1. The molecule has 1 aromatic heterocycles. The summed E-state index contributed by atoms with van der Waals surface area (Å²) in [5.74, 6) is -2.16. The van der Waals surface area contributed by atoms with Crippen molar-refractivity contribution in [3.8, 4) is 0 Å². The predicted molar refractivity (Wildman–Crippen MR) is 110 cm³/mol. The largest absolute Gasteiger partial charge is 0.459 e. The van der Waals surface area contributed by atoms with E-state index >= 15 is 0 Å². The normalized spacial score (nSPS) is 15.2. The molecule has 9 nitrogen and oxygen atoms in total. The molecule has 0 bridgehead atoms. The highest BCUT2D eigenvalue weighted by atomic mass is 16.5. The third-order valence-electron chi connectivity index (χ3n) is 5.21. The highest BCUT2D eigenvalue weighted by Gasteiger charge is 2.28. The standard InChI is InChI=1S/C22H25N3O6/c23-20(27)16-8-10-25(11-9-16)19(26)14-31-22(29)17(13-15-5-2-1-3-6-15)24-21(28)18-7-4-12-30-18/h1-7,12,16-17H,8-11,13-14H2,(H2,23,27)(H,24,28)/t17-/m0/s1. The molecule has 0 unspecified atom stereocenters. The molecule has 0 saturated carbocycles. The number of primary amides is 1. The van der Waals surface area contributed by atoms with E-state index in [0.717, 1.165) is 5.56 Å². The smallest absolute Gasteiger partial charge is 0.329 e. The van der Waals surface area contributed by atoms with Gasteiger partial charge in [0, 0.05) is 25.4 Å². The Bertz CT molecular complexity index is 905. The van der Waals surface area contributed by atoms with Crippen molar-refractivity contribution in [2.75, 3.05) is 19.7 Å². The average molecular weight is 427 g/mol. The summed E-state index contributed by atoms with van der Waals surface area (Å²) in [5.41, 5.74) is 6.13. The quantitative estimate of drug-likeness (QED) is 0.602. The zero-order chi connectivity index (χ0) is 22.2. The van der Waals surface area contributed by atoms with Crippen LogP contribution in [0.1, 0.15) is 29.0 Å². The Hall–Kier alpha value is -3.62. The van der Waals surface area contributed by atoms with Crippen LogP contribution in [0.5, 0.6) is 0 Å². The Labute approximate surface area is 179 Å². The molecule has 3 rings (SSSR count). The van der Waals surface area contributed by atoms with Crippen molar-refractivity contribution in [2.24, 2.45) is 11.7 Å². The second-order valence-electron chi connectivity index (χ2n) is 7.36. The van der Waals surface area contributed by atoms with Crippen LogP contribution in [-0.4, -0.2) is 54.3 Å². The number of carbonyl (C=O) groups excluding carboxylic acids is 4. The van der Waals surface area contributed by atoms with Gasteiger partial charge < -0.3 is 25.1 Å². The van der Waals surface area contributed by atoms with Crippen molar-refractivity contribution in [2.45, 2.75) is 25.3 Å². The first-order chi connectivity index (χ1) is 14.9. The van der Waals surface area contributed by atoms with Gasteiger partial charge in [-0.2, -0.15) is 0 Å². The number of benzene rings is 1. The molecule has 9 heteroatoms. The van der Waals surface area contributed by atoms with E-state index in [2.05, 4.69) is 5.32 Å². The minimum absolute atomic E-state index is 0.0688. The third-order valence-corrected chi connectivity index (χ3v) is 5.21. The number of amides is 3. The van der Waals surface area contributed by atoms with Crippen LogP contribution < -0.4 is 11.1 Å². The molecule has 31 heavy (non-hydrogen) atoms. The summed E-state index contributed by atoms with van der Waals surface area (Å²) in [6.45, 7) is 0.321. The molecule has 0 spiro atoms. The number of likely N-dealkylation sites (tertiary alicyclic amines) is 1. The first-order valence-corrected chi connectivity index (χ1v) is 10.1. The van der Waals surface area contributed by atoms with E-state index in [1.165, 1.54) is 12.3 Å². The summed E-state index contributed by atoms with van der Waals surface area (Å²) in [5, 5.41) is 2.61. The van der Waals surface area contributed by atoms with E-state index in [4.69, 9.17) is 14.9 Å². The van der Waals surface area contributed by atoms with E-state index in [1.807, 2.05) is 30.3 Å². The lowest BCUT2D eigenvalue weighted by Crippen LogP contribution is -2.46. The van der Waals surface area contributed by atoms with Gasteiger partial charge in [-0.3, -0.25) is 14.4 Å². The number of nitrogens with zero attached hydrogens (tertiary/aromatic N) is 1. The third kappa shape index (κ3) is 6.18. The SMILES string of the molecule is NC(=O)C1CCN(C(=O)COC(=O)[C@H](Cc2ccccc2)NC(=O)c2ccco2)CC1. The molecule has 0 radical (unpaired) electrons. The van der Waals surface area contributed by atoms with Crippen molar-refractivity contribution in [3.05, 3.63) is 60.1 Å². The van der Waals surface area contributed by atoms with Crippen molar-refractivity contribution >= 4 is 23.7 Å². The summed E-state index contributed by atoms with van der Waals surface area (Å²) < 4.78 is 10.3. The minimum Gasteiger partial charge on any atom is -0.459 e. The molecule has 0 aliphatic carbocycles. The van der Waals surface area contributed by atoms with Crippen LogP contribution in [0.15, 0.2) is 53.1 Å². The number of ether oxygens (including phenoxy) is 1. The maximum Gasteiger partial charge on any atom is 0.329 e. The summed E-state index contributed by atoms with van der Waals surface area (Å²) in [4.78, 5) is 50.2. The van der Waals surface area contributed by atoms with Gasteiger partial charge in [0.05, 0.1) is 6.26 Å². The molecule has 2 aromatic rings. The fraction of sp³-hybridized carbons (Fsp3) is 0.364. The molecule has 1 aliphatic heterocycles. The van der Waals surface area contributed by atoms with Gasteiger partial charge in [-0.15, -0.1) is 0 Å². The maximum atomic E-state index is 12.7. The van der Waals surface area contributed by atoms with Crippen molar-refractivity contribution in [3.63, 3.8) is 0 Å². The molecule has 2 heterocycles. The fourth-order valence-corrected chi connectivity index (χ4v) is 3.42. The van der Waals surface area contributed by atoms with Gasteiger partial charge >= 0.3 is 5.97 Å². The van der Waals surface area contributed by atoms with E-state index in [1.54, 1.807) is 11.0 Å². The molecule has 3 amide bonds. The van der Waals surface area contributed by atoms with Crippen LogP contribution in [0.25, 0.3) is 0 Å². The van der Waals surface area contributed by atoms with E-state index in [-0.39, 0.29) is 29.9 Å². The Morgan fingerprint density at radius 2 is 1.81 bits per heavy atom.